The van der Waals surface area contributed by atoms with Crippen LogP contribution in [-0.4, -0.2) is 111 Å². The van der Waals surface area contributed by atoms with Crippen molar-refractivity contribution in [1.82, 2.24) is 30.8 Å². The van der Waals surface area contributed by atoms with Crippen molar-refractivity contribution >= 4 is 24.0 Å². The second-order valence-electron chi connectivity index (χ2n) is 20.3. The molecule has 3 saturated heterocycles. The van der Waals surface area contributed by atoms with Gasteiger partial charge in [-0.2, -0.15) is 0 Å². The minimum Gasteiger partial charge on any atom is -0.504 e. The lowest BCUT2D eigenvalue weighted by atomic mass is 9.55. The highest BCUT2D eigenvalue weighted by atomic mass is 16.6. The smallest absolute Gasteiger partial charge is 0.302 e. The quantitative estimate of drug-likeness (QED) is 0.0332. The number of aryl methyl sites for hydroxylation is 2. The molecule has 17 nitrogen and oxygen atoms in total. The maximum Gasteiger partial charge on any atom is 0.302 e. The number of piperidine rings is 1. The number of fused-ring (bicyclic) bond motifs is 6. The fraction of sp³-hybridized carbons (Fsp3) is 0.473. The van der Waals surface area contributed by atoms with Crippen molar-refractivity contribution < 1.29 is 39.1 Å². The third kappa shape index (κ3) is 10.3. The number of pyridine rings is 2. The number of rotatable bonds is 17. The first-order chi connectivity index (χ1) is 35.0. The first kappa shape index (κ1) is 48.8. The molecule has 380 valence electrons. The summed E-state index contributed by atoms with van der Waals surface area (Å²) in [5.41, 5.74) is 11.3. The van der Waals surface area contributed by atoms with E-state index in [0.29, 0.717) is 62.2 Å². The Labute approximate surface area is 420 Å². The van der Waals surface area contributed by atoms with Gasteiger partial charge in [0.15, 0.2) is 29.0 Å². The standard InChI is InChI=1S/C55H67N9O8/c1-34(65)70-41-28-39(71-47(29-41)38-26-46(67)51(68)49(27-38)69-23-16-37-7-4-19-58-31-37)11-9-36-10-12-45(66)48(24-36)72-40-8-3-17-55(30-40)54(33-57-2)18-13-44-42-15-22-59-43(42)32-64(44)52(54)62-53(63-55)61-20-5-6-35-14-21-60-50(56)25-35/h4,7,10,12,14-15,19,21-22,24-27,31-32,39-41,44,47,52,57,66-68H,3,5-6,8-9,11,13,16-18,20,23,28-30,33H2,1-2H3,(H2,56,60)(H2,61,62,63). The van der Waals surface area contributed by atoms with Crippen LogP contribution in [0.25, 0.3) is 0 Å². The number of carbonyl (C=O) groups is 1. The average Bonchev–Trinajstić information content (AvgIpc) is 3.98. The number of aromatic hydroxyl groups is 3. The van der Waals surface area contributed by atoms with Crippen molar-refractivity contribution in [2.45, 2.75) is 133 Å². The Hall–Kier alpha value is -6.85. The minimum absolute atomic E-state index is 0.0616. The molecule has 5 aliphatic heterocycles. The monoisotopic (exact) mass is 982 g/mol. The lowest BCUT2D eigenvalue weighted by molar-refractivity contribution is -0.160. The van der Waals surface area contributed by atoms with Gasteiger partial charge in [0.25, 0.3) is 0 Å². The van der Waals surface area contributed by atoms with Crippen molar-refractivity contribution in [2.75, 3.05) is 32.5 Å². The number of nitrogens with zero attached hydrogens (tertiary/aromatic N) is 5. The summed E-state index contributed by atoms with van der Waals surface area (Å²) in [7, 11) is 2.04. The minimum atomic E-state index is -0.549. The molecule has 4 aromatic rings. The Bertz CT molecular complexity index is 2730. The molecule has 1 spiro atoms. The van der Waals surface area contributed by atoms with Crippen LogP contribution in [0.4, 0.5) is 5.82 Å². The molecule has 7 heterocycles. The number of nitrogens with one attached hydrogen (secondary N) is 3. The molecule has 1 saturated carbocycles. The van der Waals surface area contributed by atoms with Gasteiger partial charge in [-0.05, 0) is 136 Å². The zero-order valence-corrected chi connectivity index (χ0v) is 41.1. The third-order valence-corrected chi connectivity index (χ3v) is 15.5. The molecule has 72 heavy (non-hydrogen) atoms. The van der Waals surface area contributed by atoms with Gasteiger partial charge in [-0.25, -0.2) is 4.98 Å². The number of esters is 1. The number of carbonyl (C=O) groups excluding carboxylic acids is 1. The van der Waals surface area contributed by atoms with Crippen molar-refractivity contribution in [3.8, 4) is 28.7 Å². The van der Waals surface area contributed by atoms with E-state index in [2.05, 4.69) is 43.1 Å². The SMILES string of the molecule is CNCC12CCC3C4=CC=NC4=CN3C1NC(=NCCCc1ccnc(N)c1)NC21CCCC(Oc2cc(CCC3CC(OC(C)=O)CC(c4cc(O)c(O)c(OCCc5cccnc5)c4)O3)ccc2O)C1. The summed E-state index contributed by atoms with van der Waals surface area (Å²) < 4.78 is 25.3. The van der Waals surface area contributed by atoms with Crippen LogP contribution >= 0.6 is 0 Å². The van der Waals surface area contributed by atoms with Gasteiger partial charge >= 0.3 is 5.97 Å². The Balaban J connectivity index is 0.846. The highest BCUT2D eigenvalue weighted by Gasteiger charge is 2.64. The third-order valence-electron chi connectivity index (χ3n) is 15.5. The predicted molar refractivity (Wildman–Crippen MR) is 273 cm³/mol. The van der Waals surface area contributed by atoms with Crippen LogP contribution in [0, 0.1) is 5.41 Å². The molecule has 4 fully saturated rings. The summed E-state index contributed by atoms with van der Waals surface area (Å²) >= 11 is 0. The lowest BCUT2D eigenvalue weighted by Gasteiger charge is -2.65. The molecule has 8 unspecified atom stereocenters. The van der Waals surface area contributed by atoms with Crippen LogP contribution in [0.15, 0.2) is 107 Å². The largest absolute Gasteiger partial charge is 0.504 e. The summed E-state index contributed by atoms with van der Waals surface area (Å²) in [5.74, 6) is 0.900. The van der Waals surface area contributed by atoms with Gasteiger partial charge < -0.3 is 60.9 Å². The van der Waals surface area contributed by atoms with E-state index >= 15 is 0 Å². The Kier molecular flexibility index (Phi) is 14.3. The summed E-state index contributed by atoms with van der Waals surface area (Å²) in [6.45, 7) is 3.05. The zero-order valence-electron chi connectivity index (χ0n) is 41.1. The number of ether oxygens (including phenoxy) is 4. The van der Waals surface area contributed by atoms with Gasteiger partial charge in [-0.1, -0.05) is 12.1 Å². The predicted octanol–water partition coefficient (Wildman–Crippen LogP) is 6.69. The maximum atomic E-state index is 12.3. The van der Waals surface area contributed by atoms with Crippen molar-refractivity contribution in [1.29, 1.82) is 0 Å². The van der Waals surface area contributed by atoms with E-state index in [1.165, 1.54) is 18.6 Å². The molecule has 8 atom stereocenters. The van der Waals surface area contributed by atoms with E-state index in [1.807, 2.05) is 49.7 Å². The molecule has 6 aliphatic rings. The van der Waals surface area contributed by atoms with Gasteiger partial charge in [0.2, 0.25) is 5.75 Å². The number of allylic oxidation sites excluding steroid dienone is 1. The van der Waals surface area contributed by atoms with E-state index in [4.69, 9.17) is 34.7 Å². The van der Waals surface area contributed by atoms with Gasteiger partial charge in [-0.3, -0.25) is 19.8 Å². The van der Waals surface area contributed by atoms with Crippen LogP contribution in [-0.2, 0) is 33.5 Å². The van der Waals surface area contributed by atoms with Gasteiger partial charge in [-0.15, -0.1) is 0 Å². The van der Waals surface area contributed by atoms with Crippen molar-refractivity contribution in [3.63, 3.8) is 0 Å². The van der Waals surface area contributed by atoms with Gasteiger partial charge in [0, 0.05) is 87.7 Å². The number of guanidine groups is 1. The van der Waals surface area contributed by atoms with Gasteiger partial charge in [0.05, 0.1) is 36.1 Å². The fourth-order valence-electron chi connectivity index (χ4n) is 12.3. The second-order valence-corrected chi connectivity index (χ2v) is 20.3. The molecular formula is C55H67N9O8. The van der Waals surface area contributed by atoms with Crippen LogP contribution in [0.1, 0.15) is 99.5 Å². The van der Waals surface area contributed by atoms with Crippen LogP contribution in [0.3, 0.4) is 0 Å². The van der Waals surface area contributed by atoms with Gasteiger partial charge in [0.1, 0.15) is 24.2 Å². The van der Waals surface area contributed by atoms with Crippen LogP contribution in [0.2, 0.25) is 0 Å². The first-order valence-electron chi connectivity index (χ1n) is 25.5. The summed E-state index contributed by atoms with van der Waals surface area (Å²) in [6, 6.07) is 16.7. The maximum absolute atomic E-state index is 12.3. The van der Waals surface area contributed by atoms with E-state index in [9.17, 15) is 20.1 Å². The normalized spacial score (nSPS) is 27.8. The molecule has 17 heteroatoms. The second kappa shape index (κ2) is 21.1. The number of phenols is 3. The number of nitrogen functional groups attached to an aromatic ring is 1. The summed E-state index contributed by atoms with van der Waals surface area (Å²) in [5, 5.41) is 44.4. The van der Waals surface area contributed by atoms with Crippen molar-refractivity contribution in [2.24, 2.45) is 15.4 Å². The average molecular weight is 982 g/mol. The molecule has 10 rings (SSSR count). The number of hydrogen-bond donors (Lipinski definition) is 7. The van der Waals surface area contributed by atoms with Crippen LogP contribution in [0.5, 0.6) is 28.7 Å². The number of hydrogen-bond acceptors (Lipinski definition) is 15. The Morgan fingerprint density at radius 2 is 1.88 bits per heavy atom. The molecule has 2 aromatic heterocycles. The molecule has 8 N–H and O–H groups in total. The van der Waals surface area contributed by atoms with Crippen LogP contribution < -0.4 is 31.2 Å². The number of aliphatic imine (C=N–C) groups is 2. The first-order valence-corrected chi connectivity index (χ1v) is 25.5. The van der Waals surface area contributed by atoms with E-state index in [0.717, 1.165) is 79.8 Å². The molecule has 0 amide bonds. The highest BCUT2D eigenvalue weighted by molar-refractivity contribution is 5.83. The summed E-state index contributed by atoms with van der Waals surface area (Å²) in [6.07, 6.45) is 19.6. The van der Waals surface area contributed by atoms with E-state index in [1.54, 1.807) is 30.7 Å². The zero-order chi connectivity index (χ0) is 49.8. The lowest BCUT2D eigenvalue weighted by Crippen LogP contribution is -2.81. The Morgan fingerprint density at radius 1 is 0.986 bits per heavy atom. The number of aromatic nitrogens is 2. The number of nitrogens with two attached hydrogens (primary N) is 1. The van der Waals surface area contributed by atoms with E-state index < -0.39 is 17.7 Å². The topological polar surface area (TPSA) is 231 Å². The molecule has 1 aliphatic carbocycles. The fourth-order valence-corrected chi connectivity index (χ4v) is 12.3. The molecule has 2 aromatic carbocycles. The molecule has 0 bridgehead atoms. The highest BCUT2D eigenvalue weighted by Crippen LogP contribution is 2.56. The van der Waals surface area contributed by atoms with Crippen molar-refractivity contribution in [3.05, 3.63) is 119 Å². The van der Waals surface area contributed by atoms with E-state index in [-0.39, 0.29) is 65.4 Å². The number of phenolic OH excluding ortho intramolecular Hbond substituents is 3. The summed E-state index contributed by atoms with van der Waals surface area (Å²) in [4.78, 5) is 33.0. The molecule has 0 radical (unpaired) electrons. The Morgan fingerprint density at radius 3 is 2.71 bits per heavy atom. The molecular weight excluding hydrogens is 915 g/mol. The number of anilines is 1. The number of benzene rings is 2.